The number of carbonyl (C=O) groups is 3. The third kappa shape index (κ3) is 8.24. The van der Waals surface area contributed by atoms with Crippen LogP contribution in [0.25, 0.3) is 0 Å². The Morgan fingerprint density at radius 3 is 2.43 bits per heavy atom. The maximum absolute atomic E-state index is 14.3. The third-order valence-corrected chi connectivity index (χ3v) is 12.4. The quantitative estimate of drug-likeness (QED) is 0.293. The van der Waals surface area contributed by atoms with Gasteiger partial charge < -0.3 is 33.7 Å². The van der Waals surface area contributed by atoms with Crippen LogP contribution in [0.2, 0.25) is 0 Å². The summed E-state index contributed by atoms with van der Waals surface area (Å²) in [5.41, 5.74) is -0.793. The van der Waals surface area contributed by atoms with Crippen molar-refractivity contribution in [2.45, 2.75) is 135 Å². The summed E-state index contributed by atoms with van der Waals surface area (Å²) in [5.74, 6) is -4.18. The Kier molecular flexibility index (Phi) is 13.0. The molecule has 1 aromatic rings. The molecule has 0 spiro atoms. The zero-order chi connectivity index (χ0) is 39.9. The summed E-state index contributed by atoms with van der Waals surface area (Å²) in [7, 11) is 5.34. The van der Waals surface area contributed by atoms with E-state index in [1.165, 1.54) is 19.1 Å². The number of esters is 1. The molecule has 2 bridgehead atoms. The molecular formula is C40H61FN4O9. The van der Waals surface area contributed by atoms with E-state index in [1.54, 1.807) is 39.0 Å². The summed E-state index contributed by atoms with van der Waals surface area (Å²) < 4.78 is 45.3. The van der Waals surface area contributed by atoms with Crippen molar-refractivity contribution in [3.8, 4) is 0 Å². The third-order valence-electron chi connectivity index (χ3n) is 12.4. The number of ether oxygens (including phenoxy) is 5. The van der Waals surface area contributed by atoms with Crippen molar-refractivity contribution in [3.63, 3.8) is 0 Å². The molecule has 1 unspecified atom stereocenters. The van der Waals surface area contributed by atoms with Gasteiger partial charge in [-0.3, -0.25) is 14.6 Å². The van der Waals surface area contributed by atoms with Crippen LogP contribution >= 0.6 is 0 Å². The Bertz CT molecular complexity index is 1560. The lowest BCUT2D eigenvalue weighted by molar-refractivity contribution is -0.295. The van der Waals surface area contributed by atoms with E-state index in [4.69, 9.17) is 28.7 Å². The number of likely N-dealkylation sites (N-methyl/N-ethyl adjacent to an activating group) is 1. The van der Waals surface area contributed by atoms with Crippen molar-refractivity contribution in [2.75, 3.05) is 34.4 Å². The first-order chi connectivity index (χ1) is 25.3. The largest absolute Gasteiger partial charge is 0.458 e. The van der Waals surface area contributed by atoms with Crippen LogP contribution in [-0.4, -0.2) is 132 Å². The predicted molar refractivity (Wildman–Crippen MR) is 199 cm³/mol. The maximum atomic E-state index is 14.3. The normalized spacial score (nSPS) is 39.8. The minimum atomic E-state index is -1.30. The van der Waals surface area contributed by atoms with Crippen molar-refractivity contribution < 1.29 is 47.6 Å². The average Bonchev–Trinajstić information content (AvgIpc) is 3.29. The number of benzene rings is 1. The molecule has 0 aromatic heterocycles. The van der Waals surface area contributed by atoms with E-state index in [-0.39, 0.29) is 36.5 Å². The smallest absolute Gasteiger partial charge is 0.425 e. The van der Waals surface area contributed by atoms with Gasteiger partial charge in [-0.05, 0) is 98.0 Å². The molecule has 1 amide bonds. The molecular weight excluding hydrogens is 699 g/mol. The lowest BCUT2D eigenvalue weighted by atomic mass is 9.73. The van der Waals surface area contributed by atoms with Gasteiger partial charge in [0.2, 0.25) is 0 Å². The van der Waals surface area contributed by atoms with Crippen LogP contribution < -0.4 is 0 Å². The average molecular weight is 761 g/mol. The number of fused-ring (bicyclic) bond motifs is 1. The second-order valence-electron chi connectivity index (χ2n) is 16.6. The summed E-state index contributed by atoms with van der Waals surface area (Å²) >= 11 is 0. The fourth-order valence-electron chi connectivity index (χ4n) is 9.12. The Hall–Kier alpha value is -3.01. The SMILES string of the molecule is CO[C@@]1(C)C[C@@H](C)C2=NCN(CCCc3cccc(F)c3)N3C(=O)O[C@](C)([C@H](C)OC(=O)C(C)C(=O)[C@H](C)[C@H]1O[C@@H]1O[C@H](C)C[C@H](N(C)C)[C@H]1O)[C@H]3[C@@H]2C. The predicted octanol–water partition coefficient (Wildman–Crippen LogP) is 4.63. The number of aliphatic hydroxyl groups is 1. The molecule has 13 nitrogen and oxygen atoms in total. The first-order valence-corrected chi connectivity index (χ1v) is 19.3. The molecule has 14 heteroatoms. The first kappa shape index (κ1) is 42.1. The molecule has 1 N–H and O–H groups in total. The molecule has 1 aromatic carbocycles. The number of methoxy groups -OCH3 is 1. The molecule has 5 rings (SSSR count). The van der Waals surface area contributed by atoms with Gasteiger partial charge in [0, 0.05) is 37.2 Å². The zero-order valence-corrected chi connectivity index (χ0v) is 33.8. The van der Waals surface area contributed by atoms with Crippen molar-refractivity contribution in [1.29, 1.82) is 0 Å². The van der Waals surface area contributed by atoms with Crippen LogP contribution in [0.1, 0.15) is 80.2 Å². The molecule has 4 aliphatic heterocycles. The number of aryl methyl sites for hydroxylation is 1. The Labute approximate surface area is 319 Å². The van der Waals surface area contributed by atoms with E-state index in [0.717, 1.165) is 11.3 Å². The summed E-state index contributed by atoms with van der Waals surface area (Å²) in [5, 5.41) is 14.9. The van der Waals surface area contributed by atoms with Crippen LogP contribution in [-0.2, 0) is 39.7 Å². The van der Waals surface area contributed by atoms with Crippen LogP contribution in [0.3, 0.4) is 0 Å². The van der Waals surface area contributed by atoms with E-state index < -0.39 is 71.5 Å². The van der Waals surface area contributed by atoms with E-state index in [1.807, 2.05) is 57.8 Å². The number of aliphatic hydroxyl groups excluding tert-OH is 1. The second-order valence-corrected chi connectivity index (χ2v) is 16.6. The number of hydrazine groups is 1. The molecule has 0 aliphatic carbocycles. The summed E-state index contributed by atoms with van der Waals surface area (Å²) in [6.07, 6.45) is -2.67. The number of nitrogens with zero attached hydrogens (tertiary/aromatic N) is 4. The number of rotatable bonds is 8. The number of halogens is 1. The van der Waals surface area contributed by atoms with Crippen LogP contribution in [0.15, 0.2) is 29.3 Å². The minimum absolute atomic E-state index is 0.157. The van der Waals surface area contributed by atoms with Gasteiger partial charge in [-0.2, -0.15) is 5.01 Å². The second kappa shape index (κ2) is 16.6. The van der Waals surface area contributed by atoms with Gasteiger partial charge >= 0.3 is 12.1 Å². The van der Waals surface area contributed by atoms with Crippen molar-refractivity contribution in [1.82, 2.24) is 14.9 Å². The number of ketones is 1. The monoisotopic (exact) mass is 760 g/mol. The van der Waals surface area contributed by atoms with Crippen molar-refractivity contribution in [3.05, 3.63) is 35.6 Å². The van der Waals surface area contributed by atoms with E-state index in [0.29, 0.717) is 32.2 Å². The first-order valence-electron chi connectivity index (χ1n) is 19.3. The van der Waals surface area contributed by atoms with E-state index in [2.05, 4.69) is 0 Å². The Morgan fingerprint density at radius 1 is 1.07 bits per heavy atom. The van der Waals surface area contributed by atoms with Gasteiger partial charge in [0.1, 0.15) is 36.7 Å². The van der Waals surface area contributed by atoms with Gasteiger partial charge in [-0.1, -0.05) is 32.9 Å². The Morgan fingerprint density at radius 2 is 1.78 bits per heavy atom. The molecule has 3 saturated heterocycles. The summed E-state index contributed by atoms with van der Waals surface area (Å²) in [6.45, 7) is 15.1. The fraction of sp³-hybridized carbons (Fsp3) is 0.750. The number of hydrogen-bond acceptors (Lipinski definition) is 12. The van der Waals surface area contributed by atoms with E-state index >= 15 is 0 Å². The fourth-order valence-corrected chi connectivity index (χ4v) is 9.12. The number of Topliss-reactive ketones (excluding diaryl/α,β-unsaturated/α-hetero) is 1. The number of carbonyl (C=O) groups excluding carboxylic acids is 3. The van der Waals surface area contributed by atoms with Gasteiger partial charge in [0.05, 0.1) is 17.8 Å². The number of cyclic esters (lactones) is 1. The highest BCUT2D eigenvalue weighted by atomic mass is 19.1. The number of aliphatic imine (C=N–C) groups is 1. The van der Waals surface area contributed by atoms with Crippen LogP contribution in [0.4, 0.5) is 9.18 Å². The van der Waals surface area contributed by atoms with Crippen molar-refractivity contribution in [2.24, 2.45) is 28.7 Å². The number of amides is 1. The minimum Gasteiger partial charge on any atom is -0.458 e. The molecule has 0 radical (unpaired) electrons. The molecule has 4 heterocycles. The van der Waals surface area contributed by atoms with E-state index in [9.17, 15) is 23.9 Å². The topological polar surface area (TPSA) is 140 Å². The van der Waals surface area contributed by atoms with Gasteiger partial charge in [0.15, 0.2) is 17.7 Å². The summed E-state index contributed by atoms with van der Waals surface area (Å²) in [6, 6.07) is 5.59. The molecule has 302 valence electrons. The molecule has 13 atom stereocenters. The molecule has 0 saturated carbocycles. The van der Waals surface area contributed by atoms with Crippen LogP contribution in [0.5, 0.6) is 0 Å². The van der Waals surface area contributed by atoms with Gasteiger partial charge in [0.25, 0.3) is 0 Å². The van der Waals surface area contributed by atoms with Gasteiger partial charge in [-0.15, -0.1) is 0 Å². The summed E-state index contributed by atoms with van der Waals surface area (Å²) in [4.78, 5) is 49.1. The maximum Gasteiger partial charge on any atom is 0.425 e. The zero-order valence-electron chi connectivity index (χ0n) is 33.8. The lowest BCUT2D eigenvalue weighted by Gasteiger charge is -2.47. The highest BCUT2D eigenvalue weighted by Crippen LogP contribution is 2.44. The van der Waals surface area contributed by atoms with Crippen molar-refractivity contribution >= 4 is 23.6 Å². The highest BCUT2D eigenvalue weighted by molar-refractivity contribution is 6.00. The highest BCUT2D eigenvalue weighted by Gasteiger charge is 2.61. The molecule has 54 heavy (non-hydrogen) atoms. The lowest BCUT2D eigenvalue weighted by Crippen LogP contribution is -2.60. The molecule has 3 fully saturated rings. The van der Waals surface area contributed by atoms with Gasteiger partial charge in [-0.25, -0.2) is 14.2 Å². The number of hydrogen-bond donors (Lipinski definition) is 1. The molecule has 4 aliphatic rings. The standard InChI is InChI=1S/C40H61FN4O9/c1-22-20-39(7,50-11)35(53-37-33(47)30(43(9)10)18-23(2)51-37)25(4)32(46)26(5)36(48)52-27(6)40(8)34-24(3)31(22)42-21-44(45(34)38(49)54-40)17-13-15-28-14-12-16-29(41)19-28/h12,14,16,19,22-27,30,33-35,37,47H,13,15,17-18,20-21H2,1-11H3/t22-,23-,24-,25+,26?,27+,30+,33-,34-,35-,37+,39+,40-/m1/s1. The Balaban J connectivity index is 1.54. The van der Waals surface area contributed by atoms with Crippen LogP contribution in [0, 0.1) is 29.5 Å².